The number of para-hydroxylation sites is 1. The van der Waals surface area contributed by atoms with Crippen LogP contribution in [-0.2, 0) is 9.05 Å². The highest BCUT2D eigenvalue weighted by molar-refractivity contribution is 8.13. The number of benzene rings is 1. The van der Waals surface area contributed by atoms with Gasteiger partial charge >= 0.3 is 0 Å². The summed E-state index contributed by atoms with van der Waals surface area (Å²) >= 11 is 0. The maximum Gasteiger partial charge on any atom is 0.232 e. The van der Waals surface area contributed by atoms with E-state index in [-0.39, 0.29) is 11.7 Å². The van der Waals surface area contributed by atoms with Crippen molar-refractivity contribution in [2.45, 2.75) is 6.92 Å². The summed E-state index contributed by atoms with van der Waals surface area (Å²) in [5, 5.41) is 0. The van der Waals surface area contributed by atoms with Gasteiger partial charge in [-0.25, -0.2) is 8.42 Å². The minimum Gasteiger partial charge on any atom is -0.493 e. The molecular weight excluding hydrogens is 236 g/mol. The smallest absolute Gasteiger partial charge is 0.232 e. The third kappa shape index (κ3) is 5.64. The molecule has 0 spiro atoms. The zero-order chi connectivity index (χ0) is 11.3. The lowest BCUT2D eigenvalue weighted by Gasteiger charge is -2.10. The van der Waals surface area contributed by atoms with E-state index in [4.69, 9.17) is 15.4 Å². The Hall–Kier alpha value is -0.740. The van der Waals surface area contributed by atoms with Gasteiger partial charge in [0.05, 0.1) is 12.4 Å². The molecule has 0 aliphatic rings. The molecular formula is C10H13ClO3S. The van der Waals surface area contributed by atoms with Crippen LogP contribution in [0.15, 0.2) is 30.3 Å². The lowest BCUT2D eigenvalue weighted by molar-refractivity contribution is 0.272. The first kappa shape index (κ1) is 12.3. The van der Waals surface area contributed by atoms with Gasteiger partial charge in [0.1, 0.15) is 5.75 Å². The van der Waals surface area contributed by atoms with Gasteiger partial charge in [0.25, 0.3) is 0 Å². The van der Waals surface area contributed by atoms with E-state index < -0.39 is 9.05 Å². The molecule has 0 bridgehead atoms. The van der Waals surface area contributed by atoms with E-state index in [1.165, 1.54) is 0 Å². The standard InChI is InChI=1S/C10H13ClO3S/c1-9(8-15(11,12)13)7-14-10-5-3-2-4-6-10/h2-6,9H,7-8H2,1H3. The van der Waals surface area contributed by atoms with Crippen molar-refractivity contribution in [1.29, 1.82) is 0 Å². The molecule has 0 heterocycles. The highest BCUT2D eigenvalue weighted by Gasteiger charge is 2.12. The molecule has 84 valence electrons. The Kier molecular flexibility index (Phi) is 4.42. The summed E-state index contributed by atoms with van der Waals surface area (Å²) in [5.74, 6) is 0.547. The average Bonchev–Trinajstić information content (AvgIpc) is 2.14. The van der Waals surface area contributed by atoms with E-state index >= 15 is 0 Å². The molecule has 0 radical (unpaired) electrons. The van der Waals surface area contributed by atoms with Crippen molar-refractivity contribution in [3.63, 3.8) is 0 Å². The summed E-state index contributed by atoms with van der Waals surface area (Å²) in [7, 11) is 1.69. The summed E-state index contributed by atoms with van der Waals surface area (Å²) in [6.07, 6.45) is 0. The summed E-state index contributed by atoms with van der Waals surface area (Å²) < 4.78 is 26.9. The van der Waals surface area contributed by atoms with Crippen molar-refractivity contribution in [1.82, 2.24) is 0 Å². The molecule has 3 nitrogen and oxygen atoms in total. The third-order valence-corrected chi connectivity index (χ3v) is 3.11. The Balaban J connectivity index is 2.38. The third-order valence-electron chi connectivity index (χ3n) is 1.76. The van der Waals surface area contributed by atoms with Crippen molar-refractivity contribution in [2.24, 2.45) is 5.92 Å². The van der Waals surface area contributed by atoms with Gasteiger partial charge in [-0.1, -0.05) is 25.1 Å². The van der Waals surface area contributed by atoms with Gasteiger partial charge in [-0.05, 0) is 12.1 Å². The first-order valence-electron chi connectivity index (χ1n) is 4.57. The predicted molar refractivity (Wildman–Crippen MR) is 60.7 cm³/mol. The van der Waals surface area contributed by atoms with Gasteiger partial charge in [-0.3, -0.25) is 0 Å². The van der Waals surface area contributed by atoms with Crippen molar-refractivity contribution in [3.05, 3.63) is 30.3 Å². The van der Waals surface area contributed by atoms with E-state index in [9.17, 15) is 8.42 Å². The van der Waals surface area contributed by atoms with Gasteiger partial charge in [-0.15, -0.1) is 0 Å². The van der Waals surface area contributed by atoms with E-state index in [2.05, 4.69) is 0 Å². The monoisotopic (exact) mass is 248 g/mol. The quantitative estimate of drug-likeness (QED) is 0.751. The van der Waals surface area contributed by atoms with Crippen molar-refractivity contribution in [3.8, 4) is 5.75 Å². The zero-order valence-corrected chi connectivity index (χ0v) is 9.96. The van der Waals surface area contributed by atoms with Gasteiger partial charge in [0.2, 0.25) is 9.05 Å². The summed E-state index contributed by atoms with van der Waals surface area (Å²) in [6, 6.07) is 9.25. The van der Waals surface area contributed by atoms with Crippen LogP contribution in [0, 0.1) is 5.92 Å². The molecule has 5 heteroatoms. The lowest BCUT2D eigenvalue weighted by atomic mass is 10.2. The Bertz CT molecular complexity index is 388. The van der Waals surface area contributed by atoms with Crippen LogP contribution in [0.25, 0.3) is 0 Å². The van der Waals surface area contributed by atoms with E-state index in [0.717, 1.165) is 5.75 Å². The Morgan fingerprint density at radius 2 is 1.93 bits per heavy atom. The SMILES string of the molecule is CC(COc1ccccc1)CS(=O)(=O)Cl. The maximum absolute atomic E-state index is 10.8. The second-order valence-electron chi connectivity index (χ2n) is 3.43. The molecule has 1 unspecified atom stereocenters. The molecule has 0 saturated heterocycles. The number of halogens is 1. The molecule has 0 fully saturated rings. The summed E-state index contributed by atoms with van der Waals surface area (Å²) in [5.41, 5.74) is 0. The Morgan fingerprint density at radius 3 is 2.47 bits per heavy atom. The van der Waals surface area contributed by atoms with Crippen molar-refractivity contribution in [2.75, 3.05) is 12.4 Å². The van der Waals surface area contributed by atoms with E-state index in [1.807, 2.05) is 30.3 Å². The second kappa shape index (κ2) is 5.37. The van der Waals surface area contributed by atoms with Gasteiger partial charge < -0.3 is 4.74 Å². The van der Waals surface area contributed by atoms with Gasteiger partial charge in [0, 0.05) is 16.6 Å². The van der Waals surface area contributed by atoms with Crippen LogP contribution in [0.2, 0.25) is 0 Å². The second-order valence-corrected chi connectivity index (χ2v) is 6.26. The van der Waals surface area contributed by atoms with Crippen LogP contribution >= 0.6 is 10.7 Å². The van der Waals surface area contributed by atoms with Crippen molar-refractivity contribution < 1.29 is 13.2 Å². The molecule has 0 saturated carbocycles. The number of hydrogen-bond acceptors (Lipinski definition) is 3. The summed E-state index contributed by atoms with van der Waals surface area (Å²) in [6.45, 7) is 2.12. The molecule has 15 heavy (non-hydrogen) atoms. The topological polar surface area (TPSA) is 43.4 Å². The molecule has 0 amide bonds. The fraction of sp³-hybridized carbons (Fsp3) is 0.400. The van der Waals surface area contributed by atoms with Crippen molar-refractivity contribution >= 4 is 19.7 Å². The fourth-order valence-corrected chi connectivity index (χ4v) is 2.56. The molecule has 0 aliphatic carbocycles. The molecule has 0 aliphatic heterocycles. The molecule has 0 aromatic heterocycles. The van der Waals surface area contributed by atoms with E-state index in [1.54, 1.807) is 6.92 Å². The van der Waals surface area contributed by atoms with Crippen LogP contribution in [0.1, 0.15) is 6.92 Å². The number of hydrogen-bond donors (Lipinski definition) is 0. The minimum atomic E-state index is -3.44. The van der Waals surface area contributed by atoms with Gasteiger partial charge in [0.15, 0.2) is 0 Å². The first-order valence-corrected chi connectivity index (χ1v) is 7.05. The Labute approximate surface area is 94.4 Å². The van der Waals surface area contributed by atoms with Crippen LogP contribution < -0.4 is 4.74 Å². The first-order chi connectivity index (χ1) is 6.97. The highest BCUT2D eigenvalue weighted by atomic mass is 35.7. The minimum absolute atomic E-state index is 0.0681. The summed E-state index contributed by atoms with van der Waals surface area (Å²) in [4.78, 5) is 0. The normalized spacial score (nSPS) is 13.5. The lowest BCUT2D eigenvalue weighted by Crippen LogP contribution is -2.16. The van der Waals surface area contributed by atoms with Gasteiger partial charge in [-0.2, -0.15) is 0 Å². The largest absolute Gasteiger partial charge is 0.493 e. The average molecular weight is 249 g/mol. The fourth-order valence-electron chi connectivity index (χ4n) is 1.14. The zero-order valence-electron chi connectivity index (χ0n) is 8.39. The predicted octanol–water partition coefficient (Wildman–Crippen LogP) is 2.27. The van der Waals surface area contributed by atoms with Crippen LogP contribution in [0.4, 0.5) is 0 Å². The number of rotatable bonds is 5. The molecule has 1 aromatic rings. The van der Waals surface area contributed by atoms with Crippen LogP contribution in [0.3, 0.4) is 0 Å². The highest BCUT2D eigenvalue weighted by Crippen LogP contribution is 2.11. The van der Waals surface area contributed by atoms with Crippen LogP contribution in [-0.4, -0.2) is 20.8 Å². The Morgan fingerprint density at radius 1 is 1.33 bits per heavy atom. The van der Waals surface area contributed by atoms with Crippen LogP contribution in [0.5, 0.6) is 5.75 Å². The molecule has 1 rings (SSSR count). The molecule has 1 aromatic carbocycles. The molecule has 1 atom stereocenters. The molecule has 0 N–H and O–H groups in total. The van der Waals surface area contributed by atoms with E-state index in [0.29, 0.717) is 6.61 Å². The maximum atomic E-state index is 10.8. The number of ether oxygens (including phenoxy) is 1.